The van der Waals surface area contributed by atoms with E-state index in [1.165, 1.54) is 30.5 Å². The SMILES string of the molecule is CCCC(C)C(CC)NCc1cn[nH]c1C. The van der Waals surface area contributed by atoms with Gasteiger partial charge in [0.2, 0.25) is 0 Å². The van der Waals surface area contributed by atoms with Gasteiger partial charge >= 0.3 is 0 Å². The molecule has 1 aromatic rings. The zero-order valence-electron chi connectivity index (χ0n) is 11.0. The average molecular weight is 223 g/mol. The number of H-pyrrole nitrogens is 1. The number of hydrogen-bond acceptors (Lipinski definition) is 2. The number of nitrogens with zero attached hydrogens (tertiary/aromatic N) is 1. The summed E-state index contributed by atoms with van der Waals surface area (Å²) in [7, 11) is 0. The van der Waals surface area contributed by atoms with Crippen molar-refractivity contribution >= 4 is 0 Å². The van der Waals surface area contributed by atoms with Crippen LogP contribution in [-0.2, 0) is 6.54 Å². The lowest BCUT2D eigenvalue weighted by atomic mass is 9.95. The van der Waals surface area contributed by atoms with Crippen molar-refractivity contribution in [3.63, 3.8) is 0 Å². The summed E-state index contributed by atoms with van der Waals surface area (Å²) < 4.78 is 0. The molecule has 0 amide bonds. The van der Waals surface area contributed by atoms with E-state index in [1.807, 2.05) is 6.20 Å². The molecule has 0 saturated heterocycles. The Morgan fingerprint density at radius 3 is 2.69 bits per heavy atom. The monoisotopic (exact) mass is 223 g/mol. The highest BCUT2D eigenvalue weighted by atomic mass is 15.1. The van der Waals surface area contributed by atoms with Crippen molar-refractivity contribution in [3.8, 4) is 0 Å². The van der Waals surface area contributed by atoms with Crippen molar-refractivity contribution in [1.82, 2.24) is 15.5 Å². The van der Waals surface area contributed by atoms with Gasteiger partial charge in [-0.15, -0.1) is 0 Å². The van der Waals surface area contributed by atoms with Crippen LogP contribution in [-0.4, -0.2) is 16.2 Å². The summed E-state index contributed by atoms with van der Waals surface area (Å²) in [5.74, 6) is 0.752. The van der Waals surface area contributed by atoms with Gasteiger partial charge in [-0.05, 0) is 25.7 Å². The van der Waals surface area contributed by atoms with E-state index in [0.717, 1.165) is 12.5 Å². The molecule has 1 rings (SSSR count). The molecule has 2 N–H and O–H groups in total. The molecule has 0 fully saturated rings. The summed E-state index contributed by atoms with van der Waals surface area (Å²) in [4.78, 5) is 0. The molecule has 2 unspecified atom stereocenters. The third kappa shape index (κ3) is 3.63. The Bertz CT molecular complexity index is 293. The topological polar surface area (TPSA) is 40.7 Å². The average Bonchev–Trinajstić information content (AvgIpc) is 2.66. The maximum absolute atomic E-state index is 4.04. The first-order valence-corrected chi connectivity index (χ1v) is 6.41. The molecular weight excluding hydrogens is 198 g/mol. The van der Waals surface area contributed by atoms with E-state index in [2.05, 4.69) is 43.2 Å². The lowest BCUT2D eigenvalue weighted by Gasteiger charge is -2.23. The van der Waals surface area contributed by atoms with E-state index >= 15 is 0 Å². The van der Waals surface area contributed by atoms with Crippen molar-refractivity contribution in [1.29, 1.82) is 0 Å². The second-order valence-corrected chi connectivity index (χ2v) is 4.68. The molecule has 0 bridgehead atoms. The first kappa shape index (κ1) is 13.2. The summed E-state index contributed by atoms with van der Waals surface area (Å²) in [6.45, 7) is 9.84. The second kappa shape index (κ2) is 6.69. The highest BCUT2D eigenvalue weighted by Crippen LogP contribution is 2.14. The van der Waals surface area contributed by atoms with E-state index in [-0.39, 0.29) is 0 Å². The van der Waals surface area contributed by atoms with Gasteiger partial charge in [-0.1, -0.05) is 27.2 Å². The van der Waals surface area contributed by atoms with Crippen LogP contribution in [0.2, 0.25) is 0 Å². The zero-order chi connectivity index (χ0) is 12.0. The Kier molecular flexibility index (Phi) is 5.53. The van der Waals surface area contributed by atoms with Gasteiger partial charge in [-0.25, -0.2) is 0 Å². The zero-order valence-corrected chi connectivity index (χ0v) is 11.0. The molecule has 3 nitrogen and oxygen atoms in total. The van der Waals surface area contributed by atoms with Crippen LogP contribution in [0.1, 0.15) is 51.3 Å². The van der Waals surface area contributed by atoms with Crippen LogP contribution in [0.5, 0.6) is 0 Å². The molecule has 1 aromatic heterocycles. The van der Waals surface area contributed by atoms with Crippen LogP contribution in [0, 0.1) is 12.8 Å². The summed E-state index contributed by atoms with van der Waals surface area (Å²) >= 11 is 0. The molecule has 0 spiro atoms. The number of aryl methyl sites for hydroxylation is 1. The fourth-order valence-electron chi connectivity index (χ4n) is 2.20. The molecule has 0 radical (unpaired) electrons. The number of hydrogen-bond donors (Lipinski definition) is 2. The van der Waals surface area contributed by atoms with Crippen LogP contribution in [0.3, 0.4) is 0 Å². The van der Waals surface area contributed by atoms with Gasteiger partial charge in [0.1, 0.15) is 0 Å². The number of nitrogens with one attached hydrogen (secondary N) is 2. The predicted molar refractivity (Wildman–Crippen MR) is 68.3 cm³/mol. The Morgan fingerprint density at radius 2 is 2.19 bits per heavy atom. The molecule has 0 aliphatic heterocycles. The van der Waals surface area contributed by atoms with Crippen LogP contribution in [0.4, 0.5) is 0 Å². The van der Waals surface area contributed by atoms with Crippen LogP contribution in [0.25, 0.3) is 0 Å². The summed E-state index contributed by atoms with van der Waals surface area (Å²) in [5, 5.41) is 10.7. The van der Waals surface area contributed by atoms with Crippen LogP contribution < -0.4 is 5.32 Å². The van der Waals surface area contributed by atoms with Crippen molar-refractivity contribution in [2.75, 3.05) is 0 Å². The first-order valence-electron chi connectivity index (χ1n) is 6.41. The molecule has 0 aliphatic rings. The number of rotatable bonds is 7. The van der Waals surface area contributed by atoms with E-state index in [1.54, 1.807) is 0 Å². The minimum atomic E-state index is 0.620. The Hall–Kier alpha value is -0.830. The Balaban J connectivity index is 2.42. The fraction of sp³-hybridized carbons (Fsp3) is 0.769. The second-order valence-electron chi connectivity index (χ2n) is 4.68. The molecule has 1 heterocycles. The molecule has 0 aromatic carbocycles. The van der Waals surface area contributed by atoms with Gasteiger partial charge in [0.05, 0.1) is 6.20 Å². The van der Waals surface area contributed by atoms with Crippen molar-refractivity contribution in [2.24, 2.45) is 5.92 Å². The minimum absolute atomic E-state index is 0.620. The van der Waals surface area contributed by atoms with Gasteiger partial charge < -0.3 is 5.32 Å². The van der Waals surface area contributed by atoms with E-state index < -0.39 is 0 Å². The maximum atomic E-state index is 4.04. The lowest BCUT2D eigenvalue weighted by molar-refractivity contribution is 0.344. The number of aromatic amines is 1. The van der Waals surface area contributed by atoms with Gasteiger partial charge in [-0.3, -0.25) is 5.10 Å². The Labute approximate surface area is 99.0 Å². The van der Waals surface area contributed by atoms with Gasteiger partial charge in [-0.2, -0.15) is 5.10 Å². The molecule has 0 saturated carbocycles. The molecule has 2 atom stereocenters. The maximum Gasteiger partial charge on any atom is 0.0535 e. The van der Waals surface area contributed by atoms with Gasteiger partial charge in [0.25, 0.3) is 0 Å². The highest BCUT2D eigenvalue weighted by molar-refractivity contribution is 5.13. The van der Waals surface area contributed by atoms with Crippen molar-refractivity contribution < 1.29 is 0 Å². The van der Waals surface area contributed by atoms with Gasteiger partial charge in [0.15, 0.2) is 0 Å². The highest BCUT2D eigenvalue weighted by Gasteiger charge is 2.14. The summed E-state index contributed by atoms with van der Waals surface area (Å²) in [6.07, 6.45) is 5.68. The number of aromatic nitrogens is 2. The van der Waals surface area contributed by atoms with Crippen LogP contribution >= 0.6 is 0 Å². The van der Waals surface area contributed by atoms with E-state index in [9.17, 15) is 0 Å². The van der Waals surface area contributed by atoms with E-state index in [4.69, 9.17) is 0 Å². The van der Waals surface area contributed by atoms with Crippen molar-refractivity contribution in [3.05, 3.63) is 17.5 Å². The third-order valence-electron chi connectivity index (χ3n) is 3.36. The molecule has 92 valence electrons. The molecular formula is C13H25N3. The normalized spacial score (nSPS) is 15.0. The van der Waals surface area contributed by atoms with Gasteiger partial charge in [0, 0.05) is 23.8 Å². The van der Waals surface area contributed by atoms with Crippen LogP contribution in [0.15, 0.2) is 6.20 Å². The Morgan fingerprint density at radius 1 is 1.44 bits per heavy atom. The summed E-state index contributed by atoms with van der Waals surface area (Å²) in [6, 6.07) is 0.620. The first-order chi connectivity index (χ1) is 7.69. The van der Waals surface area contributed by atoms with E-state index in [0.29, 0.717) is 6.04 Å². The standard InChI is InChI=1S/C13H25N3/c1-5-7-10(3)13(6-2)14-8-12-9-15-16-11(12)4/h9-10,13-14H,5-8H2,1-4H3,(H,15,16). The third-order valence-corrected chi connectivity index (χ3v) is 3.36. The smallest absolute Gasteiger partial charge is 0.0535 e. The minimum Gasteiger partial charge on any atom is -0.310 e. The molecule has 0 aliphatic carbocycles. The molecule has 3 heteroatoms. The quantitative estimate of drug-likeness (QED) is 0.746. The fourth-order valence-corrected chi connectivity index (χ4v) is 2.20. The van der Waals surface area contributed by atoms with Crippen molar-refractivity contribution in [2.45, 2.75) is 59.5 Å². The lowest BCUT2D eigenvalue weighted by Crippen LogP contribution is -2.34. The predicted octanol–water partition coefficient (Wildman–Crippen LogP) is 3.02. The molecule has 16 heavy (non-hydrogen) atoms. The largest absolute Gasteiger partial charge is 0.310 e. The summed E-state index contributed by atoms with van der Waals surface area (Å²) in [5.41, 5.74) is 2.45.